The van der Waals surface area contributed by atoms with Crippen molar-refractivity contribution in [3.8, 4) is 0 Å². The molecule has 1 aliphatic rings. The summed E-state index contributed by atoms with van der Waals surface area (Å²) in [6, 6.07) is 12.4. The van der Waals surface area contributed by atoms with E-state index in [1.165, 1.54) is 18.2 Å². The molecule has 2 atom stereocenters. The van der Waals surface area contributed by atoms with E-state index in [4.69, 9.17) is 4.42 Å². The summed E-state index contributed by atoms with van der Waals surface area (Å²) < 4.78 is 34.5. The molecule has 0 radical (unpaired) electrons. The Morgan fingerprint density at radius 1 is 1.12 bits per heavy atom. The van der Waals surface area contributed by atoms with Gasteiger partial charge in [-0.05, 0) is 63.0 Å². The number of nitrogens with one attached hydrogen (secondary N) is 2. The lowest BCUT2D eigenvalue weighted by molar-refractivity contribution is -0.121. The molecule has 13 heteroatoms. The SMILES string of the molecule is CC(C)CN(CC(O)C(Cc1ccccc1)NC(=O)O)S(=O)(=O)c1ccc2nc(NC(=O)C3CCN(C)CC3)oc2c1. The number of aromatic nitrogens is 1. The van der Waals surface area contributed by atoms with Crippen molar-refractivity contribution in [1.82, 2.24) is 19.5 Å². The van der Waals surface area contributed by atoms with Crippen molar-refractivity contribution in [3.05, 3.63) is 54.1 Å². The third-order valence-corrected chi connectivity index (χ3v) is 9.18. The number of sulfonamides is 1. The van der Waals surface area contributed by atoms with Crippen molar-refractivity contribution in [2.75, 3.05) is 38.5 Å². The number of hydrogen-bond donors (Lipinski definition) is 4. The Balaban J connectivity index is 1.53. The van der Waals surface area contributed by atoms with E-state index in [1.54, 1.807) is 12.1 Å². The van der Waals surface area contributed by atoms with Crippen LogP contribution in [0.4, 0.5) is 10.8 Å². The number of carboxylic acid groups (broad SMARTS) is 1. The summed E-state index contributed by atoms with van der Waals surface area (Å²) in [6.45, 7) is 5.12. The van der Waals surface area contributed by atoms with Gasteiger partial charge >= 0.3 is 12.1 Å². The zero-order chi connectivity index (χ0) is 30.4. The van der Waals surface area contributed by atoms with Gasteiger partial charge in [0.2, 0.25) is 15.9 Å². The number of rotatable bonds is 12. The van der Waals surface area contributed by atoms with E-state index in [1.807, 2.05) is 39.1 Å². The third-order valence-electron chi connectivity index (χ3n) is 7.35. The molecule has 2 unspecified atom stereocenters. The van der Waals surface area contributed by atoms with E-state index in [2.05, 4.69) is 20.5 Å². The van der Waals surface area contributed by atoms with E-state index < -0.39 is 28.3 Å². The number of hydrogen-bond acceptors (Lipinski definition) is 8. The van der Waals surface area contributed by atoms with Gasteiger partial charge in [0.05, 0.1) is 17.0 Å². The predicted molar refractivity (Wildman–Crippen MR) is 158 cm³/mol. The molecule has 4 N–H and O–H groups in total. The van der Waals surface area contributed by atoms with Crippen molar-refractivity contribution in [2.24, 2.45) is 11.8 Å². The van der Waals surface area contributed by atoms with Gasteiger partial charge in [0.1, 0.15) is 5.52 Å². The van der Waals surface area contributed by atoms with Gasteiger partial charge in [0, 0.05) is 25.1 Å². The van der Waals surface area contributed by atoms with Crippen LogP contribution in [0.1, 0.15) is 32.3 Å². The Bertz CT molecular complexity index is 1470. The Labute approximate surface area is 245 Å². The van der Waals surface area contributed by atoms with Crippen molar-refractivity contribution in [2.45, 2.75) is 50.2 Å². The first-order valence-electron chi connectivity index (χ1n) is 14.0. The maximum atomic E-state index is 13.8. The number of benzene rings is 2. The molecule has 2 amide bonds. The van der Waals surface area contributed by atoms with Crippen LogP contribution in [0.3, 0.4) is 0 Å². The van der Waals surface area contributed by atoms with E-state index in [0.29, 0.717) is 5.52 Å². The molecule has 1 fully saturated rings. The van der Waals surface area contributed by atoms with Crippen LogP contribution in [-0.4, -0.2) is 90.2 Å². The van der Waals surface area contributed by atoms with Gasteiger partial charge in [0.25, 0.3) is 0 Å². The minimum absolute atomic E-state index is 0.00133. The fourth-order valence-electron chi connectivity index (χ4n) is 5.07. The molecule has 2 aromatic carbocycles. The lowest BCUT2D eigenvalue weighted by Crippen LogP contribution is -2.50. The third kappa shape index (κ3) is 8.06. The predicted octanol–water partition coefficient (Wildman–Crippen LogP) is 2.99. The number of carbonyl (C=O) groups is 2. The van der Waals surface area contributed by atoms with E-state index in [-0.39, 0.29) is 53.7 Å². The number of amides is 2. The van der Waals surface area contributed by atoms with Gasteiger partial charge < -0.3 is 24.8 Å². The largest absolute Gasteiger partial charge is 0.465 e. The molecule has 42 heavy (non-hydrogen) atoms. The van der Waals surface area contributed by atoms with Crippen LogP contribution in [-0.2, 0) is 21.2 Å². The van der Waals surface area contributed by atoms with Gasteiger partial charge in [-0.3, -0.25) is 10.1 Å². The van der Waals surface area contributed by atoms with Crippen molar-refractivity contribution < 1.29 is 32.6 Å². The zero-order valence-corrected chi connectivity index (χ0v) is 24.9. The summed E-state index contributed by atoms with van der Waals surface area (Å²) in [5.74, 6) is -0.411. The first kappa shape index (κ1) is 31.4. The van der Waals surface area contributed by atoms with E-state index in [9.17, 15) is 28.2 Å². The van der Waals surface area contributed by atoms with Crippen LogP contribution in [0.25, 0.3) is 11.1 Å². The number of fused-ring (bicyclic) bond motifs is 1. The highest BCUT2D eigenvalue weighted by Gasteiger charge is 2.32. The van der Waals surface area contributed by atoms with Gasteiger partial charge in [0.15, 0.2) is 5.58 Å². The quantitative estimate of drug-likeness (QED) is 0.244. The van der Waals surface area contributed by atoms with Crippen molar-refractivity contribution in [1.29, 1.82) is 0 Å². The molecule has 1 aromatic heterocycles. The molecule has 228 valence electrons. The summed E-state index contributed by atoms with van der Waals surface area (Å²) in [7, 11) is -2.12. The highest BCUT2D eigenvalue weighted by Crippen LogP contribution is 2.26. The second kappa shape index (κ2) is 13.6. The molecule has 0 spiro atoms. The van der Waals surface area contributed by atoms with Gasteiger partial charge in [-0.1, -0.05) is 44.2 Å². The molecule has 3 aromatic rings. The molecule has 0 saturated carbocycles. The van der Waals surface area contributed by atoms with Crippen molar-refractivity contribution in [3.63, 3.8) is 0 Å². The number of anilines is 1. The van der Waals surface area contributed by atoms with Gasteiger partial charge in [-0.25, -0.2) is 13.2 Å². The normalized spacial score (nSPS) is 16.5. The van der Waals surface area contributed by atoms with E-state index in [0.717, 1.165) is 35.8 Å². The van der Waals surface area contributed by atoms with E-state index >= 15 is 0 Å². The number of oxazole rings is 1. The van der Waals surface area contributed by atoms with Crippen LogP contribution in [0.5, 0.6) is 0 Å². The summed E-state index contributed by atoms with van der Waals surface area (Å²) in [5.41, 5.74) is 1.37. The average molecular weight is 602 g/mol. The fraction of sp³-hybridized carbons (Fsp3) is 0.483. The summed E-state index contributed by atoms with van der Waals surface area (Å²) in [5, 5.41) is 25.5. The number of aliphatic hydroxyl groups excluding tert-OH is 1. The first-order chi connectivity index (χ1) is 19.9. The molecule has 1 aliphatic heterocycles. The number of aliphatic hydroxyl groups is 1. The molecule has 12 nitrogen and oxygen atoms in total. The lowest BCUT2D eigenvalue weighted by atomic mass is 9.96. The maximum absolute atomic E-state index is 13.8. The number of piperidine rings is 1. The molecule has 0 bridgehead atoms. The Kier molecular flexibility index (Phi) is 10.2. The zero-order valence-electron chi connectivity index (χ0n) is 24.1. The van der Waals surface area contributed by atoms with Crippen LogP contribution in [0, 0.1) is 11.8 Å². The second-order valence-electron chi connectivity index (χ2n) is 11.2. The first-order valence-corrected chi connectivity index (χ1v) is 15.5. The fourth-order valence-corrected chi connectivity index (χ4v) is 6.71. The van der Waals surface area contributed by atoms with Crippen LogP contribution < -0.4 is 10.6 Å². The van der Waals surface area contributed by atoms with Gasteiger partial charge in [-0.15, -0.1) is 0 Å². The minimum Gasteiger partial charge on any atom is -0.465 e. The molecule has 2 heterocycles. The number of likely N-dealkylation sites (tertiary alicyclic amines) is 1. The summed E-state index contributed by atoms with van der Waals surface area (Å²) >= 11 is 0. The smallest absolute Gasteiger partial charge is 0.404 e. The van der Waals surface area contributed by atoms with Crippen LogP contribution in [0.2, 0.25) is 0 Å². The standard InChI is InChI=1S/C29H39N5O7S/c1-19(2)17-34(18-25(35)24(31-29(37)38)15-20-7-5-4-6-8-20)42(39,40)22-9-10-23-26(16-22)41-28(30-23)32-27(36)21-11-13-33(3)14-12-21/h4-10,16,19,21,24-25,31,35H,11-15,17-18H2,1-3H3,(H,37,38)(H,30,32,36). The molecule has 1 saturated heterocycles. The highest BCUT2D eigenvalue weighted by molar-refractivity contribution is 7.89. The Morgan fingerprint density at radius 3 is 2.45 bits per heavy atom. The molecule has 4 rings (SSSR count). The lowest BCUT2D eigenvalue weighted by Gasteiger charge is -2.30. The average Bonchev–Trinajstić information content (AvgIpc) is 3.34. The summed E-state index contributed by atoms with van der Waals surface area (Å²) in [4.78, 5) is 30.6. The highest BCUT2D eigenvalue weighted by atomic mass is 32.2. The monoisotopic (exact) mass is 601 g/mol. The second-order valence-corrected chi connectivity index (χ2v) is 13.2. The molecular weight excluding hydrogens is 562 g/mol. The molecular formula is C29H39N5O7S. The maximum Gasteiger partial charge on any atom is 0.404 e. The molecule has 0 aliphatic carbocycles. The topological polar surface area (TPSA) is 165 Å². The summed E-state index contributed by atoms with van der Waals surface area (Å²) in [6.07, 6.45) is -0.999. The minimum atomic E-state index is -4.14. The Hall–Kier alpha value is -3.52. The Morgan fingerprint density at radius 2 is 1.81 bits per heavy atom. The van der Waals surface area contributed by atoms with Crippen LogP contribution in [0.15, 0.2) is 57.8 Å². The number of carbonyl (C=O) groups excluding carboxylic acids is 1. The van der Waals surface area contributed by atoms with Crippen LogP contribution >= 0.6 is 0 Å². The number of nitrogens with zero attached hydrogens (tertiary/aromatic N) is 3. The van der Waals surface area contributed by atoms with Gasteiger partial charge in [-0.2, -0.15) is 9.29 Å². The van der Waals surface area contributed by atoms with Crippen molar-refractivity contribution >= 4 is 39.1 Å².